The maximum absolute atomic E-state index is 14.5. The lowest BCUT2D eigenvalue weighted by Crippen LogP contribution is -2.54. The lowest BCUT2D eigenvalue weighted by molar-refractivity contribution is -0.140. The van der Waals surface area contributed by atoms with E-state index in [1.54, 1.807) is 12.1 Å². The van der Waals surface area contributed by atoms with Crippen LogP contribution < -0.4 is 14.4 Å². The minimum absolute atomic E-state index is 0.0590. The summed E-state index contributed by atoms with van der Waals surface area (Å²) in [4.78, 5) is 29.7. The second-order valence-corrected chi connectivity index (χ2v) is 13.7. The Hall–Kier alpha value is -4.12. The zero-order valence-corrected chi connectivity index (χ0v) is 28.5. The number of hydrogen-bond acceptors (Lipinski definition) is 5. The molecule has 12 heteroatoms. The van der Waals surface area contributed by atoms with Crippen LogP contribution in [0.5, 0.6) is 5.75 Å². The van der Waals surface area contributed by atoms with Crippen LogP contribution >= 0.6 is 23.2 Å². The molecule has 0 radical (unpaired) electrons. The fourth-order valence-electron chi connectivity index (χ4n) is 4.84. The van der Waals surface area contributed by atoms with Gasteiger partial charge in [0.05, 0.1) is 17.7 Å². The second-order valence-electron chi connectivity index (χ2n) is 10.9. The van der Waals surface area contributed by atoms with Gasteiger partial charge in [0.2, 0.25) is 11.8 Å². The second kappa shape index (κ2) is 16.1. The monoisotopic (exact) mass is 699 g/mol. The quantitative estimate of drug-likeness (QED) is 0.155. The number of nitrogens with zero attached hydrogens (tertiary/aromatic N) is 2. The van der Waals surface area contributed by atoms with Crippen LogP contribution in [0.1, 0.15) is 31.4 Å². The van der Waals surface area contributed by atoms with Crippen molar-refractivity contribution in [1.82, 2.24) is 10.2 Å². The predicted octanol–water partition coefficient (Wildman–Crippen LogP) is 6.89. The standard InChI is InChI=1S/C35H36Cl2FN3O5S/c1-4-24(2)39-35(43)33(20-25-8-6-5-7-9-25)40(22-26-10-11-27(36)21-32(26)37)34(42)23-41(29-14-12-28(38)13-15-29)47(44,45)31-18-16-30(46-3)17-19-31/h5-19,21,24,33H,4,20,22-23H2,1-3H3,(H,39,43)/t24-,33+/m1/s1. The molecule has 1 N–H and O–H groups in total. The number of rotatable bonds is 14. The molecule has 0 bridgehead atoms. The van der Waals surface area contributed by atoms with Crippen molar-refractivity contribution in [3.8, 4) is 5.75 Å². The Bertz CT molecular complexity index is 1780. The number of carbonyl (C=O) groups is 2. The first kappa shape index (κ1) is 35.7. The maximum Gasteiger partial charge on any atom is 0.264 e. The van der Waals surface area contributed by atoms with E-state index in [1.807, 2.05) is 44.2 Å². The van der Waals surface area contributed by atoms with E-state index in [-0.39, 0.29) is 34.6 Å². The average Bonchev–Trinajstić information content (AvgIpc) is 3.06. The van der Waals surface area contributed by atoms with E-state index in [0.717, 1.165) is 22.0 Å². The van der Waals surface area contributed by atoms with Crippen molar-refractivity contribution in [3.63, 3.8) is 0 Å². The molecule has 0 aromatic heterocycles. The molecule has 0 aliphatic carbocycles. The average molecular weight is 701 g/mol. The van der Waals surface area contributed by atoms with E-state index in [4.69, 9.17) is 27.9 Å². The smallest absolute Gasteiger partial charge is 0.264 e. The lowest BCUT2D eigenvalue weighted by Gasteiger charge is -2.34. The van der Waals surface area contributed by atoms with Crippen LogP contribution in [0.3, 0.4) is 0 Å². The zero-order chi connectivity index (χ0) is 34.1. The van der Waals surface area contributed by atoms with Crippen LogP contribution in [-0.4, -0.2) is 50.9 Å². The predicted molar refractivity (Wildman–Crippen MR) is 183 cm³/mol. The highest BCUT2D eigenvalue weighted by molar-refractivity contribution is 7.92. The molecule has 0 fully saturated rings. The molecule has 4 rings (SSSR count). The Kier molecular flexibility index (Phi) is 12.3. The van der Waals surface area contributed by atoms with Crippen LogP contribution in [0.25, 0.3) is 0 Å². The summed E-state index contributed by atoms with van der Waals surface area (Å²) in [5, 5.41) is 3.64. The molecule has 248 valence electrons. The Labute approximate surface area is 285 Å². The summed E-state index contributed by atoms with van der Waals surface area (Å²) in [6.45, 7) is 2.96. The molecule has 4 aromatic carbocycles. The first-order chi connectivity index (χ1) is 22.4. The number of nitrogens with one attached hydrogen (secondary N) is 1. The van der Waals surface area contributed by atoms with Crippen LogP contribution in [0.15, 0.2) is 102 Å². The highest BCUT2D eigenvalue weighted by Gasteiger charge is 2.35. The van der Waals surface area contributed by atoms with Gasteiger partial charge < -0.3 is 15.0 Å². The number of sulfonamides is 1. The molecular weight excluding hydrogens is 664 g/mol. The van der Waals surface area contributed by atoms with Crippen molar-refractivity contribution in [2.75, 3.05) is 18.0 Å². The molecule has 0 aliphatic rings. The molecule has 2 amide bonds. The van der Waals surface area contributed by atoms with Crippen molar-refractivity contribution >= 4 is 50.7 Å². The first-order valence-corrected chi connectivity index (χ1v) is 17.1. The van der Waals surface area contributed by atoms with E-state index < -0.39 is 40.2 Å². The summed E-state index contributed by atoms with van der Waals surface area (Å²) in [6, 6.07) is 23.2. The van der Waals surface area contributed by atoms with Crippen molar-refractivity contribution < 1.29 is 27.1 Å². The summed E-state index contributed by atoms with van der Waals surface area (Å²) in [5.41, 5.74) is 1.35. The third-order valence-corrected chi connectivity index (χ3v) is 10.0. The van der Waals surface area contributed by atoms with Gasteiger partial charge in [-0.15, -0.1) is 0 Å². The van der Waals surface area contributed by atoms with Crippen molar-refractivity contribution in [1.29, 1.82) is 0 Å². The van der Waals surface area contributed by atoms with Crippen molar-refractivity contribution in [2.24, 2.45) is 0 Å². The third kappa shape index (κ3) is 9.24. The Morgan fingerprint density at radius 3 is 2.19 bits per heavy atom. The molecule has 0 saturated carbocycles. The summed E-state index contributed by atoms with van der Waals surface area (Å²) in [6.07, 6.45) is 0.793. The molecule has 8 nitrogen and oxygen atoms in total. The largest absolute Gasteiger partial charge is 0.497 e. The van der Waals surface area contributed by atoms with Crippen LogP contribution in [0.4, 0.5) is 10.1 Å². The van der Waals surface area contributed by atoms with Crippen molar-refractivity contribution in [3.05, 3.63) is 124 Å². The molecular formula is C35H36Cl2FN3O5S. The van der Waals surface area contributed by atoms with Crippen LogP contribution in [0, 0.1) is 5.82 Å². The van der Waals surface area contributed by atoms with Gasteiger partial charge in [0.15, 0.2) is 0 Å². The van der Waals surface area contributed by atoms with E-state index in [9.17, 15) is 22.4 Å². The fraction of sp³-hybridized carbons (Fsp3) is 0.257. The van der Waals surface area contributed by atoms with Crippen molar-refractivity contribution in [2.45, 2.75) is 50.2 Å². The molecule has 2 atom stereocenters. The summed E-state index contributed by atoms with van der Waals surface area (Å²) in [5.74, 6) is -1.23. The van der Waals surface area contributed by atoms with Gasteiger partial charge in [-0.05, 0) is 85.1 Å². The van der Waals surface area contributed by atoms with E-state index >= 15 is 0 Å². The van der Waals surface area contributed by atoms with E-state index in [0.29, 0.717) is 22.8 Å². The van der Waals surface area contributed by atoms with Gasteiger partial charge in [-0.1, -0.05) is 66.5 Å². The number of benzene rings is 4. The molecule has 4 aromatic rings. The zero-order valence-electron chi connectivity index (χ0n) is 26.2. The first-order valence-electron chi connectivity index (χ1n) is 14.9. The number of amides is 2. The van der Waals surface area contributed by atoms with Gasteiger partial charge in [0.25, 0.3) is 10.0 Å². The normalized spacial score (nSPS) is 12.6. The molecule has 0 unspecified atom stereocenters. The molecule has 0 heterocycles. The number of ether oxygens (including phenoxy) is 1. The van der Waals surface area contributed by atoms with Crippen LogP contribution in [0.2, 0.25) is 10.0 Å². The molecule has 0 spiro atoms. The molecule has 0 saturated heterocycles. The number of carbonyl (C=O) groups excluding carboxylic acids is 2. The Morgan fingerprint density at radius 2 is 1.60 bits per heavy atom. The van der Waals surface area contributed by atoms with Gasteiger partial charge in [-0.2, -0.15) is 0 Å². The topological polar surface area (TPSA) is 96.0 Å². The lowest BCUT2D eigenvalue weighted by atomic mass is 10.0. The SMILES string of the molecule is CC[C@@H](C)NC(=O)[C@H](Cc1ccccc1)N(Cc1ccc(Cl)cc1Cl)C(=O)CN(c1ccc(F)cc1)S(=O)(=O)c1ccc(OC)cc1. The number of hydrogen-bond donors (Lipinski definition) is 1. The third-order valence-electron chi connectivity index (χ3n) is 7.67. The van der Waals surface area contributed by atoms with E-state index in [1.165, 1.54) is 54.5 Å². The highest BCUT2D eigenvalue weighted by Crippen LogP contribution is 2.28. The minimum atomic E-state index is -4.37. The van der Waals surface area contributed by atoms with Crippen LogP contribution in [-0.2, 0) is 32.6 Å². The van der Waals surface area contributed by atoms with E-state index in [2.05, 4.69) is 5.32 Å². The Balaban J connectivity index is 1.82. The van der Waals surface area contributed by atoms with Gasteiger partial charge >= 0.3 is 0 Å². The molecule has 47 heavy (non-hydrogen) atoms. The number of anilines is 1. The summed E-state index contributed by atoms with van der Waals surface area (Å²) < 4.78 is 48.3. The van der Waals surface area contributed by atoms with Gasteiger partial charge in [0, 0.05) is 29.1 Å². The van der Waals surface area contributed by atoms with Gasteiger partial charge in [-0.25, -0.2) is 12.8 Å². The Morgan fingerprint density at radius 1 is 0.936 bits per heavy atom. The van der Waals surface area contributed by atoms with Gasteiger partial charge in [-0.3, -0.25) is 13.9 Å². The number of methoxy groups -OCH3 is 1. The summed E-state index contributed by atoms with van der Waals surface area (Å²) in [7, 11) is -2.92. The summed E-state index contributed by atoms with van der Waals surface area (Å²) >= 11 is 12.7. The fourth-order valence-corrected chi connectivity index (χ4v) is 6.72. The minimum Gasteiger partial charge on any atom is -0.497 e. The maximum atomic E-state index is 14.5. The number of halogens is 3. The van der Waals surface area contributed by atoms with Gasteiger partial charge in [0.1, 0.15) is 24.2 Å². The molecule has 0 aliphatic heterocycles. The highest BCUT2D eigenvalue weighted by atomic mass is 35.5.